The highest BCUT2D eigenvalue weighted by Gasteiger charge is 2.10. The van der Waals surface area contributed by atoms with Crippen molar-refractivity contribution in [2.45, 2.75) is 19.6 Å². The van der Waals surface area contributed by atoms with E-state index in [2.05, 4.69) is 9.97 Å². The van der Waals surface area contributed by atoms with Gasteiger partial charge in [-0.25, -0.2) is 9.78 Å². The summed E-state index contributed by atoms with van der Waals surface area (Å²) in [5.41, 5.74) is -0.382. The van der Waals surface area contributed by atoms with Crippen LogP contribution >= 0.6 is 22.9 Å². The highest BCUT2D eigenvalue weighted by molar-refractivity contribution is 7.09. The molecule has 2 rings (SSSR count). The van der Waals surface area contributed by atoms with Crippen LogP contribution in [0.3, 0.4) is 0 Å². The zero-order valence-corrected chi connectivity index (χ0v) is 11.9. The molecule has 8 heteroatoms. The van der Waals surface area contributed by atoms with Crippen LogP contribution in [0.5, 0.6) is 0 Å². The van der Waals surface area contributed by atoms with Gasteiger partial charge in [-0.15, -0.1) is 11.3 Å². The van der Waals surface area contributed by atoms with Crippen LogP contribution in [0.1, 0.15) is 23.7 Å². The van der Waals surface area contributed by atoms with Crippen molar-refractivity contribution in [2.75, 3.05) is 7.11 Å². The molecule has 6 nitrogen and oxygen atoms in total. The van der Waals surface area contributed by atoms with Gasteiger partial charge >= 0.3 is 5.69 Å². The summed E-state index contributed by atoms with van der Waals surface area (Å²) in [6, 6.07) is 0. The molecular formula is C11H12ClN3O3S. The van der Waals surface area contributed by atoms with Gasteiger partial charge in [-0.05, 0) is 6.92 Å². The number of aromatic amines is 1. The van der Waals surface area contributed by atoms with E-state index in [0.29, 0.717) is 5.69 Å². The summed E-state index contributed by atoms with van der Waals surface area (Å²) >= 11 is 7.15. The van der Waals surface area contributed by atoms with Gasteiger partial charge in [0.25, 0.3) is 5.56 Å². The number of methoxy groups -OCH3 is 1. The zero-order chi connectivity index (χ0) is 14.0. The van der Waals surface area contributed by atoms with E-state index in [1.54, 1.807) is 7.11 Å². The number of hydrogen-bond donors (Lipinski definition) is 1. The van der Waals surface area contributed by atoms with Gasteiger partial charge in [0.2, 0.25) is 0 Å². The Bertz CT molecular complexity index is 691. The SMILES string of the molecule is COC(C)c1nc(Cn2cc(Cl)c(=O)[nH]c2=O)cs1. The fourth-order valence-corrected chi connectivity index (χ4v) is 2.46. The normalized spacial score (nSPS) is 12.6. The molecule has 0 aliphatic carbocycles. The molecule has 0 fully saturated rings. The van der Waals surface area contributed by atoms with E-state index in [1.807, 2.05) is 12.3 Å². The molecular weight excluding hydrogens is 290 g/mol. The summed E-state index contributed by atoms with van der Waals surface area (Å²) in [7, 11) is 1.61. The third-order valence-electron chi connectivity index (χ3n) is 2.57. The molecule has 2 aromatic rings. The summed E-state index contributed by atoms with van der Waals surface area (Å²) in [5, 5.41) is 2.65. The van der Waals surface area contributed by atoms with Crippen molar-refractivity contribution in [3.05, 3.63) is 48.1 Å². The van der Waals surface area contributed by atoms with Gasteiger partial charge in [0.05, 0.1) is 12.2 Å². The van der Waals surface area contributed by atoms with Gasteiger partial charge in [-0.1, -0.05) is 11.6 Å². The van der Waals surface area contributed by atoms with Crippen LogP contribution < -0.4 is 11.2 Å². The standard InChI is InChI=1S/C11H12ClN3O3S/c1-6(18-2)10-13-7(5-19-10)3-15-4-8(12)9(16)14-11(15)17/h4-6H,3H2,1-2H3,(H,14,16,17). The number of nitrogens with one attached hydrogen (secondary N) is 1. The monoisotopic (exact) mass is 301 g/mol. The molecule has 0 radical (unpaired) electrons. The lowest BCUT2D eigenvalue weighted by Crippen LogP contribution is -2.30. The Balaban J connectivity index is 2.27. The van der Waals surface area contributed by atoms with Crippen LogP contribution in [0.15, 0.2) is 21.2 Å². The topological polar surface area (TPSA) is 77.0 Å². The summed E-state index contributed by atoms with van der Waals surface area (Å²) < 4.78 is 6.47. The minimum Gasteiger partial charge on any atom is -0.375 e. The molecule has 1 atom stereocenters. The minimum atomic E-state index is -0.588. The van der Waals surface area contributed by atoms with Crippen molar-refractivity contribution in [1.82, 2.24) is 14.5 Å². The third kappa shape index (κ3) is 3.12. The highest BCUT2D eigenvalue weighted by Crippen LogP contribution is 2.20. The van der Waals surface area contributed by atoms with Crippen LogP contribution in [0.2, 0.25) is 5.02 Å². The molecule has 19 heavy (non-hydrogen) atoms. The van der Waals surface area contributed by atoms with E-state index in [4.69, 9.17) is 16.3 Å². The van der Waals surface area contributed by atoms with E-state index in [-0.39, 0.29) is 17.7 Å². The number of aromatic nitrogens is 3. The second-order valence-corrected chi connectivity index (χ2v) is 5.22. The van der Waals surface area contributed by atoms with E-state index in [0.717, 1.165) is 5.01 Å². The molecule has 2 aromatic heterocycles. The molecule has 0 aliphatic heterocycles. The highest BCUT2D eigenvalue weighted by atomic mass is 35.5. The maximum absolute atomic E-state index is 11.6. The predicted octanol–water partition coefficient (Wildman–Crippen LogP) is 1.40. The number of thiazole rings is 1. The first-order chi connectivity index (χ1) is 9.01. The van der Waals surface area contributed by atoms with Crippen molar-refractivity contribution in [2.24, 2.45) is 0 Å². The Kier molecular flexibility index (Phi) is 4.18. The summed E-state index contributed by atoms with van der Waals surface area (Å²) in [5.74, 6) is 0. The van der Waals surface area contributed by atoms with Crippen molar-refractivity contribution in [3.63, 3.8) is 0 Å². The molecule has 0 spiro atoms. The number of rotatable bonds is 4. The smallest absolute Gasteiger partial charge is 0.328 e. The number of H-pyrrole nitrogens is 1. The van der Waals surface area contributed by atoms with Gasteiger partial charge in [0.15, 0.2) is 0 Å². The molecule has 0 aromatic carbocycles. The molecule has 1 unspecified atom stereocenters. The fraction of sp³-hybridized carbons (Fsp3) is 0.364. The van der Waals surface area contributed by atoms with Crippen LogP contribution in [0.4, 0.5) is 0 Å². The molecule has 0 bridgehead atoms. The molecule has 1 N–H and O–H groups in total. The first-order valence-corrected chi connectivity index (χ1v) is 6.73. The minimum absolute atomic E-state index is 0.0275. The lowest BCUT2D eigenvalue weighted by molar-refractivity contribution is 0.119. The van der Waals surface area contributed by atoms with Gasteiger partial charge in [-0.2, -0.15) is 0 Å². The Hall–Kier alpha value is -1.44. The summed E-state index contributed by atoms with van der Waals surface area (Å²) in [6.07, 6.45) is 1.22. The van der Waals surface area contributed by atoms with E-state index < -0.39 is 11.2 Å². The molecule has 0 aliphatic rings. The van der Waals surface area contributed by atoms with Crippen molar-refractivity contribution in [1.29, 1.82) is 0 Å². The molecule has 0 amide bonds. The van der Waals surface area contributed by atoms with Crippen LogP contribution in [-0.4, -0.2) is 21.6 Å². The molecule has 0 saturated heterocycles. The predicted molar refractivity (Wildman–Crippen MR) is 73.0 cm³/mol. The van der Waals surface area contributed by atoms with Crippen LogP contribution in [0.25, 0.3) is 0 Å². The first kappa shape index (κ1) is 14.0. The second-order valence-electron chi connectivity index (χ2n) is 3.92. The van der Waals surface area contributed by atoms with Crippen molar-refractivity contribution < 1.29 is 4.74 Å². The lowest BCUT2D eigenvalue weighted by atomic mass is 10.4. The second kappa shape index (κ2) is 5.68. The van der Waals surface area contributed by atoms with Gasteiger partial charge in [-0.3, -0.25) is 14.3 Å². The Morgan fingerprint density at radius 3 is 3.00 bits per heavy atom. The Morgan fingerprint density at radius 2 is 2.32 bits per heavy atom. The first-order valence-electron chi connectivity index (χ1n) is 5.47. The fourth-order valence-electron chi connectivity index (χ4n) is 1.46. The number of ether oxygens (including phenoxy) is 1. The lowest BCUT2D eigenvalue weighted by Gasteiger charge is -2.04. The average molecular weight is 302 g/mol. The number of halogens is 1. The quantitative estimate of drug-likeness (QED) is 0.926. The largest absolute Gasteiger partial charge is 0.375 e. The molecule has 0 saturated carbocycles. The third-order valence-corrected chi connectivity index (χ3v) is 3.89. The van der Waals surface area contributed by atoms with Gasteiger partial charge in [0, 0.05) is 18.7 Å². The Labute approximate surface area is 117 Å². The van der Waals surface area contributed by atoms with Crippen molar-refractivity contribution in [3.8, 4) is 0 Å². The summed E-state index contributed by atoms with van der Waals surface area (Å²) in [4.78, 5) is 29.2. The molecule has 2 heterocycles. The van der Waals surface area contributed by atoms with Gasteiger partial charge < -0.3 is 4.74 Å². The average Bonchev–Trinajstić information content (AvgIpc) is 2.83. The van der Waals surface area contributed by atoms with Crippen LogP contribution in [0, 0.1) is 0 Å². The van der Waals surface area contributed by atoms with E-state index >= 15 is 0 Å². The maximum Gasteiger partial charge on any atom is 0.328 e. The molecule has 102 valence electrons. The van der Waals surface area contributed by atoms with E-state index in [1.165, 1.54) is 22.1 Å². The van der Waals surface area contributed by atoms with E-state index in [9.17, 15) is 9.59 Å². The van der Waals surface area contributed by atoms with Gasteiger partial charge in [0.1, 0.15) is 16.1 Å². The number of nitrogens with zero attached hydrogens (tertiary/aromatic N) is 2. The van der Waals surface area contributed by atoms with Crippen molar-refractivity contribution >= 4 is 22.9 Å². The maximum atomic E-state index is 11.6. The zero-order valence-electron chi connectivity index (χ0n) is 10.3. The van der Waals surface area contributed by atoms with Crippen LogP contribution in [-0.2, 0) is 11.3 Å². The summed E-state index contributed by atoms with van der Waals surface area (Å²) in [6.45, 7) is 2.15. The number of hydrogen-bond acceptors (Lipinski definition) is 5. The Morgan fingerprint density at radius 1 is 1.58 bits per heavy atom.